The van der Waals surface area contributed by atoms with E-state index >= 15 is 0 Å². The van der Waals surface area contributed by atoms with E-state index in [1.165, 1.54) is 0 Å². The standard InChI is InChI=1S/C17H15N5O2/c1-22-10-11(9-18-22)7-16(23)19-12-4-5-13-14(8-12)21-17(20-13)15-3-2-6-24-15/h2-6,8-10H,7H2,1H3,(H,19,23)(H,20,21). The molecule has 7 heteroatoms. The van der Waals surface area contributed by atoms with Gasteiger partial charge in [0.15, 0.2) is 11.6 Å². The number of nitrogens with zero attached hydrogens (tertiary/aromatic N) is 3. The van der Waals surface area contributed by atoms with Crippen LogP contribution in [0.3, 0.4) is 0 Å². The molecule has 24 heavy (non-hydrogen) atoms. The molecule has 0 aliphatic carbocycles. The molecule has 120 valence electrons. The highest BCUT2D eigenvalue weighted by atomic mass is 16.3. The van der Waals surface area contributed by atoms with Crippen molar-refractivity contribution in [3.8, 4) is 11.6 Å². The van der Waals surface area contributed by atoms with E-state index < -0.39 is 0 Å². The first kappa shape index (κ1) is 14.3. The number of anilines is 1. The molecule has 1 amide bonds. The number of imidazole rings is 1. The van der Waals surface area contributed by atoms with Crippen LogP contribution in [0, 0.1) is 0 Å². The first-order chi connectivity index (χ1) is 11.7. The number of aromatic nitrogens is 4. The van der Waals surface area contributed by atoms with Crippen LogP contribution in [0.4, 0.5) is 5.69 Å². The van der Waals surface area contributed by atoms with Crippen LogP contribution in [0.2, 0.25) is 0 Å². The van der Waals surface area contributed by atoms with Gasteiger partial charge in [0.2, 0.25) is 5.91 Å². The highest BCUT2D eigenvalue weighted by molar-refractivity contribution is 5.94. The van der Waals surface area contributed by atoms with Gasteiger partial charge < -0.3 is 14.7 Å². The lowest BCUT2D eigenvalue weighted by atomic mass is 10.2. The van der Waals surface area contributed by atoms with Gasteiger partial charge in [-0.15, -0.1) is 0 Å². The molecule has 4 aromatic rings. The molecule has 0 spiro atoms. The molecule has 0 aliphatic rings. The zero-order valence-electron chi connectivity index (χ0n) is 13.0. The summed E-state index contributed by atoms with van der Waals surface area (Å²) in [7, 11) is 1.82. The summed E-state index contributed by atoms with van der Waals surface area (Å²) < 4.78 is 7.02. The number of furan rings is 1. The number of fused-ring (bicyclic) bond motifs is 1. The summed E-state index contributed by atoms with van der Waals surface area (Å²) in [6.45, 7) is 0. The van der Waals surface area contributed by atoms with Gasteiger partial charge in [0.1, 0.15) is 0 Å². The molecule has 0 bridgehead atoms. The number of amides is 1. The van der Waals surface area contributed by atoms with Crippen LogP contribution in [0.1, 0.15) is 5.56 Å². The molecule has 1 aromatic carbocycles. The van der Waals surface area contributed by atoms with Crippen molar-refractivity contribution >= 4 is 22.6 Å². The number of aryl methyl sites for hydroxylation is 1. The molecule has 3 heterocycles. The molecule has 0 fully saturated rings. The van der Waals surface area contributed by atoms with Crippen LogP contribution in [-0.4, -0.2) is 25.7 Å². The van der Waals surface area contributed by atoms with Gasteiger partial charge in [-0.3, -0.25) is 9.48 Å². The van der Waals surface area contributed by atoms with Crippen molar-refractivity contribution < 1.29 is 9.21 Å². The van der Waals surface area contributed by atoms with Crippen molar-refractivity contribution in [1.82, 2.24) is 19.7 Å². The average Bonchev–Trinajstić information content (AvgIpc) is 3.26. The highest BCUT2D eigenvalue weighted by Crippen LogP contribution is 2.23. The van der Waals surface area contributed by atoms with Gasteiger partial charge in [-0.2, -0.15) is 5.10 Å². The van der Waals surface area contributed by atoms with Crippen LogP contribution >= 0.6 is 0 Å². The topological polar surface area (TPSA) is 88.7 Å². The third-order valence-corrected chi connectivity index (χ3v) is 3.64. The normalized spacial score (nSPS) is 11.0. The summed E-state index contributed by atoms with van der Waals surface area (Å²) in [5, 5.41) is 6.95. The minimum Gasteiger partial charge on any atom is -0.461 e. The Morgan fingerprint density at radius 2 is 2.29 bits per heavy atom. The zero-order valence-corrected chi connectivity index (χ0v) is 13.0. The van der Waals surface area contributed by atoms with Gasteiger partial charge >= 0.3 is 0 Å². The second-order valence-corrected chi connectivity index (χ2v) is 5.54. The minimum absolute atomic E-state index is 0.0897. The fourth-order valence-corrected chi connectivity index (χ4v) is 2.57. The fraction of sp³-hybridized carbons (Fsp3) is 0.118. The first-order valence-electron chi connectivity index (χ1n) is 7.48. The highest BCUT2D eigenvalue weighted by Gasteiger charge is 2.10. The molecule has 0 radical (unpaired) electrons. The molecule has 7 nitrogen and oxygen atoms in total. The number of benzene rings is 1. The zero-order chi connectivity index (χ0) is 16.5. The van der Waals surface area contributed by atoms with Gasteiger partial charge in [-0.05, 0) is 35.9 Å². The van der Waals surface area contributed by atoms with Gasteiger partial charge in [0, 0.05) is 18.9 Å². The van der Waals surface area contributed by atoms with E-state index in [2.05, 4.69) is 20.4 Å². The maximum Gasteiger partial charge on any atom is 0.228 e. The molecule has 3 aromatic heterocycles. The number of rotatable bonds is 4. The lowest BCUT2D eigenvalue weighted by Crippen LogP contribution is -2.13. The predicted molar refractivity (Wildman–Crippen MR) is 89.3 cm³/mol. The van der Waals surface area contributed by atoms with Gasteiger partial charge in [-0.1, -0.05) is 0 Å². The molecule has 0 atom stereocenters. The van der Waals surface area contributed by atoms with Crippen LogP contribution in [0.25, 0.3) is 22.6 Å². The largest absolute Gasteiger partial charge is 0.461 e. The van der Waals surface area contributed by atoms with Gasteiger partial charge in [0.25, 0.3) is 0 Å². The molecule has 2 N–H and O–H groups in total. The Bertz CT molecular complexity index is 997. The van der Waals surface area contributed by atoms with Crippen molar-refractivity contribution in [2.24, 2.45) is 7.05 Å². The molecule has 0 saturated heterocycles. The summed E-state index contributed by atoms with van der Waals surface area (Å²) in [4.78, 5) is 19.8. The molecule has 4 rings (SSSR count). The molecule has 0 saturated carbocycles. The summed E-state index contributed by atoms with van der Waals surface area (Å²) >= 11 is 0. The third-order valence-electron chi connectivity index (χ3n) is 3.64. The SMILES string of the molecule is Cn1cc(CC(=O)Nc2ccc3nc(-c4ccco4)[nH]c3c2)cn1. The van der Waals surface area contributed by atoms with Crippen molar-refractivity contribution in [3.05, 3.63) is 54.6 Å². The van der Waals surface area contributed by atoms with Crippen LogP contribution in [0.15, 0.2) is 53.4 Å². The molecular formula is C17H15N5O2. The van der Waals surface area contributed by atoms with E-state index in [0.717, 1.165) is 16.6 Å². The Balaban J connectivity index is 1.53. The van der Waals surface area contributed by atoms with E-state index in [0.29, 0.717) is 17.3 Å². The van der Waals surface area contributed by atoms with E-state index in [-0.39, 0.29) is 12.3 Å². The second kappa shape index (κ2) is 5.69. The maximum atomic E-state index is 12.1. The second-order valence-electron chi connectivity index (χ2n) is 5.54. The van der Waals surface area contributed by atoms with Crippen molar-refractivity contribution in [2.75, 3.05) is 5.32 Å². The number of aromatic amines is 1. The van der Waals surface area contributed by atoms with Crippen LogP contribution < -0.4 is 5.32 Å². The Labute approximate surface area is 137 Å². The monoisotopic (exact) mass is 321 g/mol. The van der Waals surface area contributed by atoms with Crippen molar-refractivity contribution in [2.45, 2.75) is 6.42 Å². The molecule has 0 aliphatic heterocycles. The quantitative estimate of drug-likeness (QED) is 0.605. The van der Waals surface area contributed by atoms with E-state index in [1.807, 2.05) is 43.6 Å². The summed E-state index contributed by atoms with van der Waals surface area (Å²) in [5.41, 5.74) is 3.23. The van der Waals surface area contributed by atoms with Gasteiger partial charge in [-0.25, -0.2) is 4.98 Å². The Morgan fingerprint density at radius 1 is 1.38 bits per heavy atom. The van der Waals surface area contributed by atoms with E-state index in [4.69, 9.17) is 4.42 Å². The predicted octanol–water partition coefficient (Wildman–Crippen LogP) is 2.74. The number of nitrogens with one attached hydrogen (secondary N) is 2. The van der Waals surface area contributed by atoms with E-state index in [9.17, 15) is 4.79 Å². The van der Waals surface area contributed by atoms with Crippen molar-refractivity contribution in [1.29, 1.82) is 0 Å². The summed E-state index contributed by atoms with van der Waals surface area (Å²) in [6, 6.07) is 9.20. The fourth-order valence-electron chi connectivity index (χ4n) is 2.57. The average molecular weight is 321 g/mol. The Morgan fingerprint density at radius 3 is 3.04 bits per heavy atom. The Kier molecular flexibility index (Phi) is 3.38. The van der Waals surface area contributed by atoms with Crippen LogP contribution in [0.5, 0.6) is 0 Å². The number of H-pyrrole nitrogens is 1. The first-order valence-corrected chi connectivity index (χ1v) is 7.48. The van der Waals surface area contributed by atoms with E-state index in [1.54, 1.807) is 17.1 Å². The number of hydrogen-bond donors (Lipinski definition) is 2. The van der Waals surface area contributed by atoms with Gasteiger partial charge in [0.05, 0.1) is 29.9 Å². The van der Waals surface area contributed by atoms with Crippen molar-refractivity contribution in [3.63, 3.8) is 0 Å². The maximum absolute atomic E-state index is 12.1. The lowest BCUT2D eigenvalue weighted by molar-refractivity contribution is -0.115. The molecular weight excluding hydrogens is 306 g/mol. The third kappa shape index (κ3) is 2.79. The lowest BCUT2D eigenvalue weighted by Gasteiger charge is -2.04. The summed E-state index contributed by atoms with van der Waals surface area (Å²) in [6.07, 6.45) is 5.40. The summed E-state index contributed by atoms with van der Waals surface area (Å²) in [5.74, 6) is 1.25. The number of carbonyl (C=O) groups excluding carboxylic acids is 1. The molecule has 0 unspecified atom stereocenters. The van der Waals surface area contributed by atoms with Crippen LogP contribution in [-0.2, 0) is 18.3 Å². The smallest absolute Gasteiger partial charge is 0.228 e. The number of hydrogen-bond acceptors (Lipinski definition) is 4. The Hall–Kier alpha value is -3.35. The number of carbonyl (C=O) groups is 1. The minimum atomic E-state index is -0.0897.